The van der Waals surface area contributed by atoms with Crippen LogP contribution in [0, 0.1) is 0 Å². The zero-order valence-electron chi connectivity index (χ0n) is 13.5. The average Bonchev–Trinajstić information content (AvgIpc) is 2.63. The van der Waals surface area contributed by atoms with Crippen LogP contribution in [0.5, 0.6) is 5.75 Å². The molecule has 0 spiro atoms. The van der Waals surface area contributed by atoms with E-state index >= 15 is 0 Å². The first kappa shape index (κ1) is 15.6. The van der Waals surface area contributed by atoms with E-state index in [1.54, 1.807) is 0 Å². The van der Waals surface area contributed by atoms with Crippen LogP contribution < -0.4 is 4.74 Å². The fourth-order valence-electron chi connectivity index (χ4n) is 2.70. The van der Waals surface area contributed by atoms with E-state index in [0.717, 1.165) is 45.1 Å². The third-order valence-electron chi connectivity index (χ3n) is 4.10. The molecule has 23 heavy (non-hydrogen) atoms. The molecule has 0 unspecified atom stereocenters. The maximum absolute atomic E-state index is 5.77. The van der Waals surface area contributed by atoms with Crippen LogP contribution in [-0.2, 0) is 0 Å². The number of nitrogens with zero attached hydrogens (tertiary/aromatic N) is 2. The van der Waals surface area contributed by atoms with E-state index in [0.29, 0.717) is 0 Å². The topological polar surface area (TPSA) is 15.7 Å². The van der Waals surface area contributed by atoms with Gasteiger partial charge in [0.25, 0.3) is 0 Å². The molecule has 1 saturated heterocycles. The lowest BCUT2D eigenvalue weighted by atomic mass is 10.2. The zero-order valence-corrected chi connectivity index (χ0v) is 13.5. The van der Waals surface area contributed by atoms with Crippen LogP contribution in [0.1, 0.15) is 5.56 Å². The number of hydrogen-bond donors (Lipinski definition) is 0. The lowest BCUT2D eigenvalue weighted by molar-refractivity contribution is 0.145. The number of rotatable bonds is 6. The van der Waals surface area contributed by atoms with Crippen molar-refractivity contribution < 1.29 is 4.74 Å². The standard InChI is InChI=1S/C20H24N2O/c1-3-7-19(8-4-1)11-12-21-13-15-22(16-14-21)17-18-23-20-9-5-2-6-10-20/h1-12H,13-18H2. The Morgan fingerprint density at radius 3 is 2.17 bits per heavy atom. The first-order valence-corrected chi connectivity index (χ1v) is 8.28. The largest absolute Gasteiger partial charge is 0.492 e. The molecule has 1 aliphatic heterocycles. The highest BCUT2D eigenvalue weighted by molar-refractivity contribution is 5.48. The van der Waals surface area contributed by atoms with E-state index in [1.165, 1.54) is 5.56 Å². The molecular formula is C20H24N2O. The summed E-state index contributed by atoms with van der Waals surface area (Å²) in [4.78, 5) is 4.86. The van der Waals surface area contributed by atoms with Gasteiger partial charge in [-0.25, -0.2) is 0 Å². The number of benzene rings is 2. The Balaban J connectivity index is 1.36. The van der Waals surface area contributed by atoms with Crippen molar-refractivity contribution in [2.45, 2.75) is 0 Å². The molecule has 3 nitrogen and oxygen atoms in total. The van der Waals surface area contributed by atoms with Crippen molar-refractivity contribution >= 4 is 6.08 Å². The van der Waals surface area contributed by atoms with E-state index in [-0.39, 0.29) is 0 Å². The second-order valence-corrected chi connectivity index (χ2v) is 5.77. The minimum atomic E-state index is 0.754. The third kappa shape index (κ3) is 5.15. The first-order chi connectivity index (χ1) is 11.4. The van der Waals surface area contributed by atoms with E-state index in [2.05, 4.69) is 46.3 Å². The van der Waals surface area contributed by atoms with Crippen molar-refractivity contribution in [3.05, 3.63) is 72.4 Å². The van der Waals surface area contributed by atoms with Gasteiger partial charge in [0.1, 0.15) is 12.4 Å². The summed E-state index contributed by atoms with van der Waals surface area (Å²) in [6.45, 7) is 6.09. The quantitative estimate of drug-likeness (QED) is 0.814. The van der Waals surface area contributed by atoms with Crippen molar-refractivity contribution in [3.8, 4) is 5.75 Å². The van der Waals surface area contributed by atoms with Gasteiger partial charge in [-0.2, -0.15) is 0 Å². The molecule has 3 rings (SSSR count). The molecule has 2 aromatic rings. The number of hydrogen-bond acceptors (Lipinski definition) is 3. The van der Waals surface area contributed by atoms with Crippen LogP contribution in [0.2, 0.25) is 0 Å². The van der Waals surface area contributed by atoms with Crippen LogP contribution in [0.15, 0.2) is 66.9 Å². The Hall–Kier alpha value is -2.26. The highest BCUT2D eigenvalue weighted by Gasteiger charge is 2.13. The zero-order chi connectivity index (χ0) is 15.7. The van der Waals surface area contributed by atoms with Gasteiger partial charge in [-0.1, -0.05) is 48.5 Å². The molecule has 2 aromatic carbocycles. The summed E-state index contributed by atoms with van der Waals surface area (Å²) in [6, 6.07) is 20.5. The molecule has 0 N–H and O–H groups in total. The molecule has 0 aliphatic carbocycles. The van der Waals surface area contributed by atoms with E-state index in [9.17, 15) is 0 Å². The molecule has 1 heterocycles. The Labute approximate surface area is 138 Å². The molecule has 1 aliphatic rings. The molecule has 0 bridgehead atoms. The highest BCUT2D eigenvalue weighted by Crippen LogP contribution is 2.09. The molecule has 0 radical (unpaired) electrons. The minimum Gasteiger partial charge on any atom is -0.492 e. The molecular weight excluding hydrogens is 284 g/mol. The van der Waals surface area contributed by atoms with Gasteiger partial charge in [-0.3, -0.25) is 4.90 Å². The summed E-state index contributed by atoms with van der Waals surface area (Å²) in [7, 11) is 0. The Kier molecular flexibility index (Phi) is 5.70. The van der Waals surface area contributed by atoms with E-state index < -0.39 is 0 Å². The third-order valence-corrected chi connectivity index (χ3v) is 4.10. The predicted octanol–water partition coefficient (Wildman–Crippen LogP) is 3.35. The van der Waals surface area contributed by atoms with Crippen LogP contribution in [-0.4, -0.2) is 49.1 Å². The molecule has 1 fully saturated rings. The van der Waals surface area contributed by atoms with Crippen molar-refractivity contribution in [2.24, 2.45) is 0 Å². The Bertz CT molecular complexity index is 590. The SMILES string of the molecule is C(=CN1CCN(CCOc2ccccc2)CC1)c1ccccc1. The van der Waals surface area contributed by atoms with Crippen molar-refractivity contribution in [1.82, 2.24) is 9.80 Å². The van der Waals surface area contributed by atoms with Crippen molar-refractivity contribution in [1.29, 1.82) is 0 Å². The van der Waals surface area contributed by atoms with Crippen LogP contribution in [0.25, 0.3) is 6.08 Å². The maximum atomic E-state index is 5.77. The van der Waals surface area contributed by atoms with Gasteiger partial charge in [0.2, 0.25) is 0 Å². The lowest BCUT2D eigenvalue weighted by Crippen LogP contribution is -2.45. The van der Waals surface area contributed by atoms with Gasteiger partial charge in [0, 0.05) is 32.7 Å². The predicted molar refractivity (Wildman–Crippen MR) is 95.4 cm³/mol. The number of piperazine rings is 1. The van der Waals surface area contributed by atoms with E-state index in [1.807, 2.05) is 36.4 Å². The number of ether oxygens (including phenoxy) is 1. The van der Waals surface area contributed by atoms with Gasteiger partial charge >= 0.3 is 0 Å². The van der Waals surface area contributed by atoms with Gasteiger partial charge in [-0.15, -0.1) is 0 Å². The van der Waals surface area contributed by atoms with Gasteiger partial charge in [0.15, 0.2) is 0 Å². The summed E-state index contributed by atoms with van der Waals surface area (Å²) in [5.74, 6) is 0.955. The average molecular weight is 308 g/mol. The fourth-order valence-corrected chi connectivity index (χ4v) is 2.70. The van der Waals surface area contributed by atoms with Crippen LogP contribution in [0.3, 0.4) is 0 Å². The second-order valence-electron chi connectivity index (χ2n) is 5.77. The summed E-state index contributed by atoms with van der Waals surface area (Å²) in [6.07, 6.45) is 4.40. The number of para-hydroxylation sites is 1. The molecule has 120 valence electrons. The van der Waals surface area contributed by atoms with Crippen molar-refractivity contribution in [2.75, 3.05) is 39.3 Å². The van der Waals surface area contributed by atoms with E-state index in [4.69, 9.17) is 4.74 Å². The fraction of sp³-hybridized carbons (Fsp3) is 0.300. The molecule has 0 amide bonds. The van der Waals surface area contributed by atoms with Gasteiger partial charge < -0.3 is 9.64 Å². The molecule has 0 saturated carbocycles. The summed E-state index contributed by atoms with van der Waals surface area (Å²) < 4.78 is 5.77. The smallest absolute Gasteiger partial charge is 0.119 e. The summed E-state index contributed by atoms with van der Waals surface area (Å²) >= 11 is 0. The second kappa shape index (κ2) is 8.39. The van der Waals surface area contributed by atoms with Crippen molar-refractivity contribution in [3.63, 3.8) is 0 Å². The lowest BCUT2D eigenvalue weighted by Gasteiger charge is -2.33. The maximum Gasteiger partial charge on any atom is 0.119 e. The molecule has 3 heteroatoms. The highest BCUT2D eigenvalue weighted by atomic mass is 16.5. The molecule has 0 atom stereocenters. The van der Waals surface area contributed by atoms with Gasteiger partial charge in [-0.05, 0) is 30.0 Å². The normalized spacial score (nSPS) is 15.9. The summed E-state index contributed by atoms with van der Waals surface area (Å²) in [5, 5.41) is 0. The Morgan fingerprint density at radius 2 is 1.48 bits per heavy atom. The van der Waals surface area contributed by atoms with Crippen LogP contribution in [0.4, 0.5) is 0 Å². The molecule has 0 aromatic heterocycles. The van der Waals surface area contributed by atoms with Crippen LogP contribution >= 0.6 is 0 Å². The minimum absolute atomic E-state index is 0.754. The Morgan fingerprint density at radius 1 is 0.826 bits per heavy atom. The summed E-state index contributed by atoms with van der Waals surface area (Å²) in [5.41, 5.74) is 1.26. The monoisotopic (exact) mass is 308 g/mol. The van der Waals surface area contributed by atoms with Gasteiger partial charge in [0.05, 0.1) is 0 Å². The first-order valence-electron chi connectivity index (χ1n) is 8.28.